The molecule has 0 aliphatic heterocycles. The first-order chi connectivity index (χ1) is 4.88. The van der Waals surface area contributed by atoms with Crippen molar-refractivity contribution < 1.29 is 0 Å². The highest BCUT2D eigenvalue weighted by Gasteiger charge is 1.97. The standard InChI is InChI=1S/C6H6N4/c7-6-4-1-2-8-3-5(4)9-10-6/h1-3H,(H3,7,9,10). The maximum atomic E-state index is 5.51. The lowest BCUT2D eigenvalue weighted by atomic mass is 10.3. The van der Waals surface area contributed by atoms with Gasteiger partial charge in [0.25, 0.3) is 0 Å². The molecule has 0 aromatic carbocycles. The van der Waals surface area contributed by atoms with E-state index in [1.165, 1.54) is 0 Å². The highest BCUT2D eigenvalue weighted by Crippen LogP contribution is 2.14. The number of hydrogen-bond acceptors (Lipinski definition) is 3. The van der Waals surface area contributed by atoms with Crippen LogP contribution < -0.4 is 5.73 Å². The molecule has 2 aromatic heterocycles. The molecule has 10 heavy (non-hydrogen) atoms. The summed E-state index contributed by atoms with van der Waals surface area (Å²) in [7, 11) is 0. The first kappa shape index (κ1) is 5.22. The average Bonchev–Trinajstić information content (AvgIpc) is 2.34. The zero-order valence-corrected chi connectivity index (χ0v) is 5.20. The highest BCUT2D eigenvalue weighted by atomic mass is 15.2. The molecular formula is C6H6N4. The minimum Gasteiger partial charge on any atom is -0.382 e. The minimum atomic E-state index is 0.525. The zero-order valence-electron chi connectivity index (χ0n) is 5.20. The van der Waals surface area contributed by atoms with E-state index < -0.39 is 0 Å². The molecule has 0 amide bonds. The van der Waals surface area contributed by atoms with Gasteiger partial charge in [0.2, 0.25) is 0 Å². The molecule has 3 N–H and O–H groups in total. The number of nitrogens with one attached hydrogen (secondary N) is 1. The predicted molar refractivity (Wildman–Crippen MR) is 38.3 cm³/mol. The van der Waals surface area contributed by atoms with Crippen molar-refractivity contribution in [3.05, 3.63) is 18.5 Å². The number of fused-ring (bicyclic) bond motifs is 1. The van der Waals surface area contributed by atoms with Crippen molar-refractivity contribution in [2.75, 3.05) is 5.73 Å². The number of aromatic amines is 1. The second kappa shape index (κ2) is 1.70. The Morgan fingerprint density at radius 3 is 3.20 bits per heavy atom. The molecule has 0 unspecified atom stereocenters. The van der Waals surface area contributed by atoms with E-state index in [0.29, 0.717) is 5.82 Å². The molecule has 0 radical (unpaired) electrons. The van der Waals surface area contributed by atoms with Gasteiger partial charge in [-0.2, -0.15) is 5.10 Å². The van der Waals surface area contributed by atoms with E-state index in [0.717, 1.165) is 10.9 Å². The highest BCUT2D eigenvalue weighted by molar-refractivity contribution is 5.87. The molecule has 0 saturated carbocycles. The lowest BCUT2D eigenvalue weighted by Crippen LogP contribution is -1.83. The third-order valence-corrected chi connectivity index (χ3v) is 1.39. The summed E-state index contributed by atoms with van der Waals surface area (Å²) < 4.78 is 0. The predicted octanol–water partition coefficient (Wildman–Crippen LogP) is 0.540. The van der Waals surface area contributed by atoms with Crippen LogP contribution in [0.5, 0.6) is 0 Å². The Balaban J connectivity index is 2.93. The quantitative estimate of drug-likeness (QED) is 0.552. The monoisotopic (exact) mass is 134 g/mol. The number of nitrogens with zero attached hydrogens (tertiary/aromatic N) is 2. The number of pyridine rings is 1. The largest absolute Gasteiger partial charge is 0.382 e. The Labute approximate surface area is 57.1 Å². The summed E-state index contributed by atoms with van der Waals surface area (Å²) in [6.45, 7) is 0. The van der Waals surface area contributed by atoms with Crippen molar-refractivity contribution in [1.82, 2.24) is 15.2 Å². The van der Waals surface area contributed by atoms with Gasteiger partial charge in [-0.25, -0.2) is 0 Å². The Kier molecular flexibility index (Phi) is 0.887. The van der Waals surface area contributed by atoms with Crippen molar-refractivity contribution in [1.29, 1.82) is 0 Å². The molecule has 0 spiro atoms. The number of nitrogen functional groups attached to an aromatic ring is 1. The SMILES string of the molecule is Nc1n[nH]c2cnccc12. The Bertz CT molecular complexity index is 351. The van der Waals surface area contributed by atoms with E-state index >= 15 is 0 Å². The molecule has 0 aliphatic rings. The van der Waals surface area contributed by atoms with Crippen molar-refractivity contribution in [2.45, 2.75) is 0 Å². The molecule has 0 saturated heterocycles. The maximum Gasteiger partial charge on any atom is 0.153 e. The molecular weight excluding hydrogens is 128 g/mol. The summed E-state index contributed by atoms with van der Waals surface area (Å²) in [5.41, 5.74) is 6.38. The number of H-pyrrole nitrogens is 1. The Morgan fingerprint density at radius 2 is 2.40 bits per heavy atom. The average molecular weight is 134 g/mol. The van der Waals surface area contributed by atoms with E-state index in [2.05, 4.69) is 15.2 Å². The van der Waals surface area contributed by atoms with Crippen molar-refractivity contribution >= 4 is 16.7 Å². The molecule has 0 atom stereocenters. The molecule has 4 nitrogen and oxygen atoms in total. The van der Waals surface area contributed by atoms with E-state index in [4.69, 9.17) is 5.73 Å². The molecule has 50 valence electrons. The van der Waals surface area contributed by atoms with Gasteiger partial charge in [-0.3, -0.25) is 10.1 Å². The Morgan fingerprint density at radius 1 is 1.50 bits per heavy atom. The summed E-state index contributed by atoms with van der Waals surface area (Å²) in [5.74, 6) is 0.525. The van der Waals surface area contributed by atoms with Crippen LogP contribution in [-0.4, -0.2) is 15.2 Å². The number of rotatable bonds is 0. The fraction of sp³-hybridized carbons (Fsp3) is 0. The summed E-state index contributed by atoms with van der Waals surface area (Å²) in [6.07, 6.45) is 3.38. The Hall–Kier alpha value is -1.58. The van der Waals surface area contributed by atoms with Crippen LogP contribution in [0.1, 0.15) is 0 Å². The van der Waals surface area contributed by atoms with E-state index in [1.54, 1.807) is 12.4 Å². The third-order valence-electron chi connectivity index (χ3n) is 1.39. The van der Waals surface area contributed by atoms with Crippen LogP contribution in [0.15, 0.2) is 18.5 Å². The van der Waals surface area contributed by atoms with Gasteiger partial charge in [0.05, 0.1) is 11.7 Å². The van der Waals surface area contributed by atoms with Crippen LogP contribution in [-0.2, 0) is 0 Å². The summed E-state index contributed by atoms with van der Waals surface area (Å²) in [4.78, 5) is 3.90. The number of nitrogens with two attached hydrogens (primary N) is 1. The van der Waals surface area contributed by atoms with Crippen LogP contribution in [0.3, 0.4) is 0 Å². The summed E-state index contributed by atoms with van der Waals surface area (Å²) in [5, 5.41) is 7.48. The van der Waals surface area contributed by atoms with E-state index in [1.807, 2.05) is 6.07 Å². The van der Waals surface area contributed by atoms with Crippen molar-refractivity contribution in [3.63, 3.8) is 0 Å². The van der Waals surface area contributed by atoms with Gasteiger partial charge in [-0.1, -0.05) is 0 Å². The topological polar surface area (TPSA) is 67.6 Å². The van der Waals surface area contributed by atoms with Gasteiger partial charge in [-0.05, 0) is 6.07 Å². The summed E-state index contributed by atoms with van der Waals surface area (Å²) in [6, 6.07) is 1.83. The van der Waals surface area contributed by atoms with Gasteiger partial charge in [0.15, 0.2) is 5.82 Å². The lowest BCUT2D eigenvalue weighted by Gasteiger charge is -1.84. The van der Waals surface area contributed by atoms with Crippen molar-refractivity contribution in [3.8, 4) is 0 Å². The second-order valence-corrected chi connectivity index (χ2v) is 2.03. The molecule has 4 heteroatoms. The molecule has 0 aliphatic carbocycles. The normalized spacial score (nSPS) is 10.4. The maximum absolute atomic E-state index is 5.51. The smallest absolute Gasteiger partial charge is 0.153 e. The van der Waals surface area contributed by atoms with Gasteiger partial charge in [0, 0.05) is 11.6 Å². The molecule has 2 aromatic rings. The molecule has 0 bridgehead atoms. The molecule has 2 rings (SSSR count). The van der Waals surface area contributed by atoms with Crippen LogP contribution in [0.25, 0.3) is 10.9 Å². The fourth-order valence-corrected chi connectivity index (χ4v) is 0.888. The van der Waals surface area contributed by atoms with Gasteiger partial charge in [0.1, 0.15) is 0 Å². The van der Waals surface area contributed by atoms with Crippen LogP contribution >= 0.6 is 0 Å². The van der Waals surface area contributed by atoms with Gasteiger partial charge in [-0.15, -0.1) is 0 Å². The van der Waals surface area contributed by atoms with Gasteiger partial charge < -0.3 is 5.73 Å². The number of anilines is 1. The van der Waals surface area contributed by atoms with E-state index in [-0.39, 0.29) is 0 Å². The fourth-order valence-electron chi connectivity index (χ4n) is 0.888. The third kappa shape index (κ3) is 0.556. The van der Waals surface area contributed by atoms with Crippen molar-refractivity contribution in [2.24, 2.45) is 0 Å². The lowest BCUT2D eigenvalue weighted by molar-refractivity contribution is 1.12. The molecule has 2 heterocycles. The van der Waals surface area contributed by atoms with Crippen LogP contribution in [0.2, 0.25) is 0 Å². The number of aromatic nitrogens is 3. The van der Waals surface area contributed by atoms with Crippen LogP contribution in [0.4, 0.5) is 5.82 Å². The zero-order chi connectivity index (χ0) is 6.97. The van der Waals surface area contributed by atoms with Crippen LogP contribution in [0, 0.1) is 0 Å². The second-order valence-electron chi connectivity index (χ2n) is 2.03. The van der Waals surface area contributed by atoms with E-state index in [9.17, 15) is 0 Å². The summed E-state index contributed by atoms with van der Waals surface area (Å²) >= 11 is 0. The number of hydrogen-bond donors (Lipinski definition) is 2. The van der Waals surface area contributed by atoms with Gasteiger partial charge >= 0.3 is 0 Å². The minimum absolute atomic E-state index is 0.525. The first-order valence-electron chi connectivity index (χ1n) is 2.91. The molecule has 0 fully saturated rings. The first-order valence-corrected chi connectivity index (χ1v) is 2.91.